The van der Waals surface area contributed by atoms with Crippen LogP contribution in [0.2, 0.25) is 0 Å². The van der Waals surface area contributed by atoms with Crippen LogP contribution in [0.3, 0.4) is 0 Å². The highest BCUT2D eigenvalue weighted by atomic mass is 32.2. The van der Waals surface area contributed by atoms with E-state index in [1.807, 2.05) is 84.9 Å². The quantitative estimate of drug-likeness (QED) is 0.102. The van der Waals surface area contributed by atoms with E-state index < -0.39 is 0 Å². The van der Waals surface area contributed by atoms with Crippen LogP contribution in [0.1, 0.15) is 0 Å². The van der Waals surface area contributed by atoms with Gasteiger partial charge in [-0.05, 0) is 170 Å². The van der Waals surface area contributed by atoms with Gasteiger partial charge >= 0.3 is 0 Å². The Kier molecular flexibility index (Phi) is 12.6. The summed E-state index contributed by atoms with van der Waals surface area (Å²) < 4.78 is 12.4. The lowest BCUT2D eigenvalue weighted by Crippen LogP contribution is -2.08. The fraction of sp³-hybridized carbons (Fsp3) is 0. The standard InChI is InChI=1S/C56H40N2O2S4/c1-5-13-45(14-6-1)59-47-29-21-41(22-30-47)57(43-25-33-51(34-26-43)61-49-17-9-3-10-18-49)55-39-37-53(63-55)54-38-40-56(64-54)58(42-23-31-48(32-24-42)60-46-15-7-2-8-16-46)44-27-35-52(36-28-44)62-50-19-11-4-12-20-50/h1-40H. The first-order valence-corrected chi connectivity index (χ1v) is 24.1. The van der Waals surface area contributed by atoms with Crippen LogP contribution in [0.15, 0.2) is 262 Å². The maximum Gasteiger partial charge on any atom is 0.127 e. The summed E-state index contributed by atoms with van der Waals surface area (Å²) in [7, 11) is 0. The molecule has 4 nitrogen and oxygen atoms in total. The first-order valence-electron chi connectivity index (χ1n) is 20.8. The Labute approximate surface area is 390 Å². The summed E-state index contributed by atoms with van der Waals surface area (Å²) >= 11 is 7.09. The van der Waals surface area contributed by atoms with E-state index in [4.69, 9.17) is 9.47 Å². The third-order valence-electron chi connectivity index (χ3n) is 10.2. The van der Waals surface area contributed by atoms with Crippen molar-refractivity contribution in [2.24, 2.45) is 0 Å². The van der Waals surface area contributed by atoms with Gasteiger partial charge in [0.25, 0.3) is 0 Å². The predicted molar refractivity (Wildman–Crippen MR) is 271 cm³/mol. The van der Waals surface area contributed by atoms with E-state index in [1.54, 1.807) is 46.2 Å². The second-order valence-electron chi connectivity index (χ2n) is 14.6. The van der Waals surface area contributed by atoms with Crippen molar-refractivity contribution in [3.63, 3.8) is 0 Å². The molecular formula is C56H40N2O2S4. The summed E-state index contributed by atoms with van der Waals surface area (Å²) in [6.07, 6.45) is 0. The Bertz CT molecular complexity index is 2640. The maximum absolute atomic E-state index is 6.18. The molecule has 10 rings (SSSR count). The van der Waals surface area contributed by atoms with Gasteiger partial charge in [-0.2, -0.15) is 0 Å². The number of benzene rings is 8. The average molecular weight is 901 g/mol. The van der Waals surface area contributed by atoms with E-state index in [0.29, 0.717) is 0 Å². The summed E-state index contributed by atoms with van der Waals surface area (Å²) in [4.78, 5) is 11.8. The molecule has 2 heterocycles. The number of para-hydroxylation sites is 2. The third-order valence-corrected chi connectivity index (χ3v) is 14.5. The number of hydrogen-bond acceptors (Lipinski definition) is 8. The minimum atomic E-state index is 0.787. The van der Waals surface area contributed by atoms with Gasteiger partial charge in [-0.15, -0.1) is 22.7 Å². The molecule has 0 saturated heterocycles. The van der Waals surface area contributed by atoms with Crippen LogP contribution < -0.4 is 19.3 Å². The van der Waals surface area contributed by atoms with Gasteiger partial charge in [0.2, 0.25) is 0 Å². The maximum atomic E-state index is 6.18. The largest absolute Gasteiger partial charge is 0.457 e. The lowest BCUT2D eigenvalue weighted by Gasteiger charge is -2.24. The van der Waals surface area contributed by atoms with Crippen molar-refractivity contribution in [2.75, 3.05) is 9.80 Å². The molecule has 0 N–H and O–H groups in total. The number of rotatable bonds is 15. The van der Waals surface area contributed by atoms with Crippen LogP contribution in [-0.2, 0) is 0 Å². The first kappa shape index (κ1) is 41.1. The summed E-state index contributed by atoms with van der Waals surface area (Å²) in [6.45, 7) is 0. The summed E-state index contributed by atoms with van der Waals surface area (Å²) in [5.41, 5.74) is 4.25. The molecule has 0 radical (unpaired) electrons. The molecule has 310 valence electrons. The van der Waals surface area contributed by atoms with Crippen molar-refractivity contribution in [1.29, 1.82) is 0 Å². The van der Waals surface area contributed by atoms with Crippen LogP contribution in [0.4, 0.5) is 32.8 Å². The highest BCUT2D eigenvalue weighted by Crippen LogP contribution is 2.48. The van der Waals surface area contributed by atoms with E-state index in [9.17, 15) is 0 Å². The molecule has 8 heteroatoms. The number of anilines is 6. The zero-order valence-corrected chi connectivity index (χ0v) is 37.7. The molecule has 0 aliphatic heterocycles. The Hall–Kier alpha value is -6.94. The smallest absolute Gasteiger partial charge is 0.127 e. The molecule has 8 aromatic carbocycles. The van der Waals surface area contributed by atoms with Crippen LogP contribution >= 0.6 is 46.2 Å². The van der Waals surface area contributed by atoms with Crippen molar-refractivity contribution in [3.8, 4) is 32.8 Å². The second kappa shape index (κ2) is 19.6. The Morgan fingerprint density at radius 3 is 0.891 bits per heavy atom. The van der Waals surface area contributed by atoms with Gasteiger partial charge in [0.05, 0.1) is 0 Å². The van der Waals surface area contributed by atoms with E-state index in [1.165, 1.54) is 29.3 Å². The molecule has 0 amide bonds. The summed E-state index contributed by atoms with van der Waals surface area (Å²) in [6, 6.07) is 84.1. The van der Waals surface area contributed by atoms with Gasteiger partial charge in [0.1, 0.15) is 33.0 Å². The molecule has 64 heavy (non-hydrogen) atoms. The van der Waals surface area contributed by atoms with Crippen LogP contribution in [0.5, 0.6) is 23.0 Å². The first-order chi connectivity index (χ1) is 31.7. The van der Waals surface area contributed by atoms with E-state index >= 15 is 0 Å². The number of thiophene rings is 2. The fourth-order valence-corrected chi connectivity index (χ4v) is 11.0. The van der Waals surface area contributed by atoms with Crippen LogP contribution in [-0.4, -0.2) is 0 Å². The zero-order valence-electron chi connectivity index (χ0n) is 34.4. The molecule has 0 spiro atoms. The van der Waals surface area contributed by atoms with Crippen molar-refractivity contribution < 1.29 is 9.47 Å². The van der Waals surface area contributed by atoms with Crippen molar-refractivity contribution >= 4 is 78.9 Å². The Morgan fingerprint density at radius 1 is 0.266 bits per heavy atom. The second-order valence-corrected chi connectivity index (χ2v) is 19.0. The molecule has 0 fully saturated rings. The predicted octanol–water partition coefficient (Wildman–Crippen LogP) is 18.3. The van der Waals surface area contributed by atoms with Crippen LogP contribution in [0, 0.1) is 0 Å². The average Bonchev–Trinajstić information content (AvgIpc) is 4.04. The normalized spacial score (nSPS) is 10.9. The van der Waals surface area contributed by atoms with Gasteiger partial charge in [-0.1, -0.05) is 96.3 Å². The summed E-state index contributed by atoms with van der Waals surface area (Å²) in [5.74, 6) is 3.19. The highest BCUT2D eigenvalue weighted by molar-refractivity contribution is 7.99. The Balaban J connectivity index is 0.957. The van der Waals surface area contributed by atoms with Crippen molar-refractivity contribution in [3.05, 3.63) is 243 Å². The lowest BCUT2D eigenvalue weighted by molar-refractivity contribution is 0.482. The van der Waals surface area contributed by atoms with Gasteiger partial charge in [-0.25, -0.2) is 0 Å². The topological polar surface area (TPSA) is 24.9 Å². The van der Waals surface area contributed by atoms with Crippen molar-refractivity contribution in [2.45, 2.75) is 19.6 Å². The fourth-order valence-electron chi connectivity index (χ4n) is 7.12. The minimum absolute atomic E-state index is 0.787. The zero-order chi connectivity index (χ0) is 42.9. The molecule has 0 aliphatic rings. The molecule has 0 bridgehead atoms. The molecular weight excluding hydrogens is 861 g/mol. The van der Waals surface area contributed by atoms with Gasteiger partial charge in [0.15, 0.2) is 0 Å². The number of hydrogen-bond donors (Lipinski definition) is 0. The summed E-state index contributed by atoms with van der Waals surface area (Å²) in [5, 5.41) is 2.23. The van der Waals surface area contributed by atoms with E-state index in [-0.39, 0.29) is 0 Å². The van der Waals surface area contributed by atoms with Crippen molar-refractivity contribution in [1.82, 2.24) is 0 Å². The number of nitrogens with zero attached hydrogens (tertiary/aromatic N) is 2. The molecule has 0 saturated carbocycles. The monoisotopic (exact) mass is 900 g/mol. The van der Waals surface area contributed by atoms with E-state index in [2.05, 4.69) is 168 Å². The van der Waals surface area contributed by atoms with Gasteiger partial charge < -0.3 is 19.3 Å². The minimum Gasteiger partial charge on any atom is -0.457 e. The molecule has 0 atom stereocenters. The molecule has 2 aromatic heterocycles. The van der Waals surface area contributed by atoms with Gasteiger partial charge in [0, 0.05) is 52.1 Å². The SMILES string of the molecule is c1ccc(Oc2ccc(N(c3ccc(Sc4ccccc4)cc3)c3ccc(-c4ccc(N(c5ccc(Oc6ccccc6)cc5)c5ccc(Sc6ccccc6)cc5)s4)s3)cc2)cc1. The highest BCUT2D eigenvalue weighted by Gasteiger charge is 2.20. The van der Waals surface area contributed by atoms with E-state index in [0.717, 1.165) is 55.7 Å². The third kappa shape index (κ3) is 9.97. The number of ether oxygens (including phenoxy) is 2. The van der Waals surface area contributed by atoms with Crippen LogP contribution in [0.25, 0.3) is 9.75 Å². The van der Waals surface area contributed by atoms with Gasteiger partial charge in [-0.3, -0.25) is 0 Å². The molecule has 0 aliphatic carbocycles. The Morgan fingerprint density at radius 2 is 0.547 bits per heavy atom. The molecule has 0 unspecified atom stereocenters. The lowest BCUT2D eigenvalue weighted by atomic mass is 10.2. The molecule has 10 aromatic rings.